The van der Waals surface area contributed by atoms with Crippen molar-refractivity contribution >= 4 is 31.7 Å². The average Bonchev–Trinajstić information content (AvgIpc) is 2.93. The first-order valence-electron chi connectivity index (χ1n) is 9.47. The van der Waals surface area contributed by atoms with Crippen LogP contribution in [0, 0.1) is 0 Å². The highest BCUT2D eigenvalue weighted by molar-refractivity contribution is 9.10. The maximum atomic E-state index is 12.5. The minimum absolute atomic E-state index is 0.214. The van der Waals surface area contributed by atoms with Crippen LogP contribution < -0.4 is 4.74 Å². The summed E-state index contributed by atoms with van der Waals surface area (Å²) in [5, 5.41) is 0. The van der Waals surface area contributed by atoms with Gasteiger partial charge >= 0.3 is 0 Å². The van der Waals surface area contributed by atoms with Crippen molar-refractivity contribution < 1.29 is 13.2 Å². The van der Waals surface area contributed by atoms with E-state index in [-0.39, 0.29) is 4.90 Å². The fraction of sp³-hybridized carbons (Fsp3) is 0.381. The summed E-state index contributed by atoms with van der Waals surface area (Å²) in [6.45, 7) is 4.89. The smallest absolute Gasteiger partial charge is 0.283 e. The molecule has 0 saturated heterocycles. The van der Waals surface area contributed by atoms with Gasteiger partial charge in [-0.2, -0.15) is 12.8 Å². The first kappa shape index (κ1) is 21.0. The van der Waals surface area contributed by atoms with Crippen molar-refractivity contribution in [2.75, 3.05) is 26.7 Å². The molecule has 2 aromatic carbocycles. The molecular weight excluding hydrogens is 440 g/mol. The van der Waals surface area contributed by atoms with Crippen LogP contribution in [0.2, 0.25) is 0 Å². The molecule has 3 rings (SSSR count). The monoisotopic (exact) mass is 464 g/mol. The highest BCUT2D eigenvalue weighted by atomic mass is 79.9. The van der Waals surface area contributed by atoms with Crippen LogP contribution in [0.25, 0.3) is 0 Å². The largest absolute Gasteiger partial charge is 0.494 e. The summed E-state index contributed by atoms with van der Waals surface area (Å²) in [6, 6.07) is 12.6. The van der Waals surface area contributed by atoms with E-state index in [0.717, 1.165) is 42.4 Å². The molecule has 1 heterocycles. The molecule has 0 bridgehead atoms. The van der Waals surface area contributed by atoms with Gasteiger partial charge in [0.15, 0.2) is 0 Å². The predicted molar refractivity (Wildman–Crippen MR) is 116 cm³/mol. The molecule has 0 N–H and O–H groups in total. The van der Waals surface area contributed by atoms with Gasteiger partial charge in [-0.1, -0.05) is 35.0 Å². The van der Waals surface area contributed by atoms with Gasteiger partial charge in [-0.05, 0) is 63.7 Å². The van der Waals surface area contributed by atoms with Gasteiger partial charge in [0.05, 0.1) is 12.3 Å². The highest BCUT2D eigenvalue weighted by Crippen LogP contribution is 2.32. The third kappa shape index (κ3) is 5.01. The quantitative estimate of drug-likeness (QED) is 0.512. The summed E-state index contributed by atoms with van der Waals surface area (Å²) in [5.74, 6) is 0.566. The van der Waals surface area contributed by atoms with Crippen LogP contribution >= 0.6 is 15.9 Å². The molecule has 1 aliphatic rings. The second-order valence-electron chi connectivity index (χ2n) is 6.94. The number of rotatable bonds is 9. The molecule has 2 aromatic rings. The molecule has 0 unspecified atom stereocenters. The maximum absolute atomic E-state index is 12.5. The summed E-state index contributed by atoms with van der Waals surface area (Å²) >= 11 is 3.39. The van der Waals surface area contributed by atoms with E-state index in [9.17, 15) is 8.42 Å². The van der Waals surface area contributed by atoms with Crippen LogP contribution in [0.3, 0.4) is 0 Å². The van der Waals surface area contributed by atoms with Crippen molar-refractivity contribution in [3.8, 4) is 5.75 Å². The van der Waals surface area contributed by atoms with Crippen LogP contribution in [0.15, 0.2) is 56.2 Å². The van der Waals surface area contributed by atoms with Crippen molar-refractivity contribution in [2.45, 2.75) is 31.1 Å². The zero-order chi connectivity index (χ0) is 20.1. The topological polar surface area (TPSA) is 59.0 Å². The molecule has 0 aliphatic carbocycles. The van der Waals surface area contributed by atoms with Gasteiger partial charge < -0.3 is 9.64 Å². The highest BCUT2D eigenvalue weighted by Gasteiger charge is 2.30. The minimum Gasteiger partial charge on any atom is -0.494 e. The number of sulfonamides is 1. The van der Waals surface area contributed by atoms with E-state index < -0.39 is 10.0 Å². The van der Waals surface area contributed by atoms with Crippen molar-refractivity contribution in [3.05, 3.63) is 58.1 Å². The van der Waals surface area contributed by atoms with E-state index in [4.69, 9.17) is 4.74 Å². The first-order chi connectivity index (χ1) is 13.4. The van der Waals surface area contributed by atoms with Crippen LogP contribution in [0.4, 0.5) is 0 Å². The van der Waals surface area contributed by atoms with Crippen LogP contribution in [0.1, 0.15) is 37.3 Å². The lowest BCUT2D eigenvalue weighted by Crippen LogP contribution is -2.20. The molecule has 0 saturated carbocycles. The molecule has 28 heavy (non-hydrogen) atoms. The lowest BCUT2D eigenvalue weighted by Gasteiger charge is -2.15. The Morgan fingerprint density at radius 1 is 1.07 bits per heavy atom. The zero-order valence-electron chi connectivity index (χ0n) is 16.2. The molecule has 7 heteroatoms. The van der Waals surface area contributed by atoms with Gasteiger partial charge in [-0.3, -0.25) is 0 Å². The average molecular weight is 465 g/mol. The van der Waals surface area contributed by atoms with Gasteiger partial charge in [-0.15, -0.1) is 0 Å². The maximum Gasteiger partial charge on any atom is 0.283 e. The predicted octanol–water partition coefficient (Wildman–Crippen LogP) is 4.49. The van der Waals surface area contributed by atoms with Crippen molar-refractivity contribution in [3.63, 3.8) is 0 Å². The Morgan fingerprint density at radius 3 is 2.54 bits per heavy atom. The third-order valence-electron chi connectivity index (χ3n) is 4.62. The molecule has 0 fully saturated rings. The van der Waals surface area contributed by atoms with Gasteiger partial charge in [0.2, 0.25) is 0 Å². The fourth-order valence-corrected chi connectivity index (χ4v) is 4.72. The number of hydrogen-bond donors (Lipinski definition) is 0. The van der Waals surface area contributed by atoms with E-state index in [2.05, 4.69) is 39.2 Å². The Labute approximate surface area is 175 Å². The number of benzene rings is 2. The molecule has 1 aliphatic heterocycles. The summed E-state index contributed by atoms with van der Waals surface area (Å²) in [6.07, 6.45) is 3.13. The SMILES string of the molecule is CCCN(C)CCCCOc1ccc2c(c1)S(=O)(=O)N=C2c1ccc(Br)cc1. The Balaban J connectivity index is 1.66. The van der Waals surface area contributed by atoms with Crippen LogP contribution in [-0.4, -0.2) is 45.8 Å². The van der Waals surface area contributed by atoms with Crippen LogP contribution in [-0.2, 0) is 10.0 Å². The lowest BCUT2D eigenvalue weighted by molar-refractivity contribution is 0.279. The minimum atomic E-state index is -3.70. The van der Waals surface area contributed by atoms with E-state index in [0.29, 0.717) is 23.6 Å². The number of hydrogen-bond acceptors (Lipinski definition) is 4. The molecule has 0 atom stereocenters. The first-order valence-corrected chi connectivity index (χ1v) is 11.7. The Bertz CT molecular complexity index is 956. The molecule has 0 radical (unpaired) electrons. The van der Waals surface area contributed by atoms with Crippen molar-refractivity contribution in [1.82, 2.24) is 4.90 Å². The lowest BCUT2D eigenvalue weighted by atomic mass is 10.0. The van der Waals surface area contributed by atoms with Gasteiger partial charge in [0, 0.05) is 21.7 Å². The molecular formula is C21H25BrN2O3S. The summed E-state index contributed by atoms with van der Waals surface area (Å²) in [4.78, 5) is 2.52. The Morgan fingerprint density at radius 2 is 1.82 bits per heavy atom. The zero-order valence-corrected chi connectivity index (χ0v) is 18.6. The van der Waals surface area contributed by atoms with E-state index in [1.54, 1.807) is 12.1 Å². The Hall–Kier alpha value is -1.70. The van der Waals surface area contributed by atoms with Gasteiger partial charge in [0.25, 0.3) is 10.0 Å². The number of fused-ring (bicyclic) bond motifs is 1. The second-order valence-corrected chi connectivity index (χ2v) is 9.43. The molecule has 0 amide bonds. The normalized spacial score (nSPS) is 14.8. The molecule has 5 nitrogen and oxygen atoms in total. The molecule has 0 aromatic heterocycles. The van der Waals surface area contributed by atoms with Gasteiger partial charge in [-0.25, -0.2) is 0 Å². The summed E-state index contributed by atoms with van der Waals surface area (Å²) < 4.78 is 35.7. The van der Waals surface area contributed by atoms with Crippen molar-refractivity contribution in [2.24, 2.45) is 4.40 Å². The Kier molecular flexibility index (Phi) is 6.91. The summed E-state index contributed by atoms with van der Waals surface area (Å²) in [7, 11) is -1.58. The van der Waals surface area contributed by atoms with Crippen molar-refractivity contribution in [1.29, 1.82) is 0 Å². The number of halogens is 1. The molecule has 150 valence electrons. The summed E-state index contributed by atoms with van der Waals surface area (Å²) in [5.41, 5.74) is 1.87. The standard InChI is InChI=1S/C21H25BrN2O3S/c1-3-12-24(2)13-4-5-14-27-18-10-11-19-20(15-18)28(25,26)23-21(19)16-6-8-17(22)9-7-16/h6-11,15H,3-5,12-14H2,1-2H3. The van der Waals surface area contributed by atoms with Crippen LogP contribution in [0.5, 0.6) is 5.75 Å². The van der Waals surface area contributed by atoms with E-state index >= 15 is 0 Å². The van der Waals surface area contributed by atoms with E-state index in [1.807, 2.05) is 30.3 Å². The number of nitrogens with zero attached hydrogens (tertiary/aromatic N) is 2. The third-order valence-corrected chi connectivity index (χ3v) is 6.47. The molecule has 0 spiro atoms. The van der Waals surface area contributed by atoms with Gasteiger partial charge in [0.1, 0.15) is 10.6 Å². The number of unbranched alkanes of at least 4 members (excludes halogenated alkanes) is 1. The second kappa shape index (κ2) is 9.20. The number of ether oxygens (including phenoxy) is 1. The fourth-order valence-electron chi connectivity index (χ4n) is 3.20. The van der Waals surface area contributed by atoms with E-state index in [1.165, 1.54) is 0 Å².